The van der Waals surface area contributed by atoms with Gasteiger partial charge in [-0.15, -0.1) is 11.8 Å². The fourth-order valence-electron chi connectivity index (χ4n) is 2.06. The summed E-state index contributed by atoms with van der Waals surface area (Å²) in [4.78, 5) is 26.2. The van der Waals surface area contributed by atoms with Crippen LogP contribution in [0.15, 0.2) is 23.1 Å². The molecule has 1 unspecified atom stereocenters. The molecule has 1 aromatic rings. The first-order valence-electron chi connectivity index (χ1n) is 6.34. The average Bonchev–Trinajstić information content (AvgIpc) is 3.23. The number of carboxylic acid groups (broad SMARTS) is 1. The van der Waals surface area contributed by atoms with Gasteiger partial charge in [-0.25, -0.2) is 4.79 Å². The van der Waals surface area contributed by atoms with E-state index in [4.69, 9.17) is 16.7 Å². The van der Waals surface area contributed by atoms with Crippen LogP contribution in [0, 0.1) is 0 Å². The Hall–Kier alpha value is -1.20. The number of hydrogen-bond donors (Lipinski definition) is 1. The Morgan fingerprint density at radius 1 is 1.45 bits per heavy atom. The number of halogens is 1. The summed E-state index contributed by atoms with van der Waals surface area (Å²) >= 11 is 7.61. The Labute approximate surface area is 127 Å². The van der Waals surface area contributed by atoms with Crippen molar-refractivity contribution in [3.8, 4) is 0 Å². The van der Waals surface area contributed by atoms with Crippen molar-refractivity contribution in [2.24, 2.45) is 0 Å². The summed E-state index contributed by atoms with van der Waals surface area (Å²) in [5.74, 6) is -1.30. The summed E-state index contributed by atoms with van der Waals surface area (Å²) in [6.45, 7) is 1.53. The Bertz CT molecular complexity index is 545. The highest BCUT2D eigenvalue weighted by atomic mass is 35.5. The monoisotopic (exact) mass is 313 g/mol. The number of rotatable bonds is 5. The second-order valence-electron chi connectivity index (χ2n) is 4.80. The first-order valence-corrected chi connectivity index (χ1v) is 7.95. The topological polar surface area (TPSA) is 57.6 Å². The first kappa shape index (κ1) is 15.2. The summed E-state index contributed by atoms with van der Waals surface area (Å²) in [7, 11) is 0. The normalized spacial score (nSPS) is 15.8. The van der Waals surface area contributed by atoms with E-state index < -0.39 is 12.0 Å². The lowest BCUT2D eigenvalue weighted by Crippen LogP contribution is -2.44. The zero-order valence-electron chi connectivity index (χ0n) is 11.3. The second kappa shape index (κ2) is 6.06. The van der Waals surface area contributed by atoms with Crippen LogP contribution in [0.5, 0.6) is 0 Å². The van der Waals surface area contributed by atoms with E-state index in [2.05, 4.69) is 0 Å². The molecule has 1 amide bonds. The van der Waals surface area contributed by atoms with Gasteiger partial charge < -0.3 is 10.0 Å². The number of nitrogens with zero attached hydrogens (tertiary/aromatic N) is 1. The molecular weight excluding hydrogens is 298 g/mol. The molecule has 0 saturated heterocycles. The zero-order valence-corrected chi connectivity index (χ0v) is 12.9. The minimum atomic E-state index is -0.998. The Kier molecular flexibility index (Phi) is 4.60. The van der Waals surface area contributed by atoms with Gasteiger partial charge >= 0.3 is 5.97 Å². The van der Waals surface area contributed by atoms with Crippen LogP contribution in [0.3, 0.4) is 0 Å². The number of carbonyl (C=O) groups excluding carboxylic acids is 1. The van der Waals surface area contributed by atoms with Gasteiger partial charge in [0.05, 0.1) is 10.6 Å². The molecule has 0 bridgehead atoms. The van der Waals surface area contributed by atoms with Gasteiger partial charge in [0.15, 0.2) is 0 Å². The van der Waals surface area contributed by atoms with Gasteiger partial charge in [0.2, 0.25) is 0 Å². The zero-order chi connectivity index (χ0) is 14.9. The van der Waals surface area contributed by atoms with Crippen LogP contribution in [-0.4, -0.2) is 40.2 Å². The molecule has 1 N–H and O–H groups in total. The molecule has 0 heterocycles. The van der Waals surface area contributed by atoms with Gasteiger partial charge in [0, 0.05) is 10.9 Å². The van der Waals surface area contributed by atoms with Crippen molar-refractivity contribution in [1.82, 2.24) is 4.90 Å². The minimum Gasteiger partial charge on any atom is -0.480 e. The highest BCUT2D eigenvalue weighted by molar-refractivity contribution is 7.98. The molecule has 1 fully saturated rings. The van der Waals surface area contributed by atoms with Crippen molar-refractivity contribution in [2.45, 2.75) is 36.7 Å². The number of aliphatic carboxylic acids is 1. The number of amides is 1. The molecule has 6 heteroatoms. The smallest absolute Gasteiger partial charge is 0.326 e. The summed E-state index contributed by atoms with van der Waals surface area (Å²) in [5, 5.41) is 9.52. The van der Waals surface area contributed by atoms with Gasteiger partial charge in [-0.1, -0.05) is 11.6 Å². The second-order valence-corrected chi connectivity index (χ2v) is 6.09. The van der Waals surface area contributed by atoms with Crippen LogP contribution in [-0.2, 0) is 4.79 Å². The molecule has 108 valence electrons. The SMILES string of the molecule is CSc1ccc(Cl)c(C(=O)N(C2CC2)C(C)C(=O)O)c1. The summed E-state index contributed by atoms with van der Waals surface area (Å²) in [6, 6.07) is 4.41. The lowest BCUT2D eigenvalue weighted by atomic mass is 10.1. The molecule has 0 radical (unpaired) electrons. The Morgan fingerprint density at radius 3 is 2.60 bits per heavy atom. The van der Waals surface area contributed by atoms with E-state index in [0.29, 0.717) is 10.6 Å². The lowest BCUT2D eigenvalue weighted by Gasteiger charge is -2.27. The number of carbonyl (C=O) groups is 2. The molecule has 1 aliphatic carbocycles. The molecule has 0 aliphatic heterocycles. The van der Waals surface area contributed by atoms with Crippen LogP contribution in [0.25, 0.3) is 0 Å². The van der Waals surface area contributed by atoms with Crippen LogP contribution < -0.4 is 0 Å². The standard InChI is InChI=1S/C14H16ClNO3S/c1-8(14(18)19)16(9-3-4-9)13(17)11-7-10(20-2)5-6-12(11)15/h5-9H,3-4H2,1-2H3,(H,18,19). The molecule has 1 aliphatic rings. The number of carboxylic acids is 1. The number of benzene rings is 1. The van der Waals surface area contributed by atoms with Gasteiger partial charge in [0.1, 0.15) is 6.04 Å². The third-order valence-corrected chi connectivity index (χ3v) is 4.41. The van der Waals surface area contributed by atoms with Gasteiger partial charge in [-0.05, 0) is 44.2 Å². The van der Waals surface area contributed by atoms with Gasteiger partial charge in [-0.2, -0.15) is 0 Å². The fraction of sp³-hybridized carbons (Fsp3) is 0.429. The largest absolute Gasteiger partial charge is 0.480 e. The molecule has 0 spiro atoms. The molecule has 4 nitrogen and oxygen atoms in total. The van der Waals surface area contributed by atoms with E-state index in [1.54, 1.807) is 12.1 Å². The van der Waals surface area contributed by atoms with Crippen LogP contribution >= 0.6 is 23.4 Å². The highest BCUT2D eigenvalue weighted by Crippen LogP contribution is 2.32. The van der Waals surface area contributed by atoms with Crippen molar-refractivity contribution in [3.63, 3.8) is 0 Å². The maximum absolute atomic E-state index is 12.6. The van der Waals surface area contributed by atoms with Crippen LogP contribution in [0.2, 0.25) is 5.02 Å². The van der Waals surface area contributed by atoms with Crippen molar-refractivity contribution >= 4 is 35.2 Å². The molecule has 1 atom stereocenters. The van der Waals surface area contributed by atoms with Crippen LogP contribution in [0.1, 0.15) is 30.1 Å². The van der Waals surface area contributed by atoms with Crippen molar-refractivity contribution < 1.29 is 14.7 Å². The Morgan fingerprint density at radius 2 is 2.10 bits per heavy atom. The average molecular weight is 314 g/mol. The Balaban J connectivity index is 2.34. The van der Waals surface area contributed by atoms with Crippen molar-refractivity contribution in [1.29, 1.82) is 0 Å². The van der Waals surface area contributed by atoms with E-state index in [-0.39, 0.29) is 11.9 Å². The summed E-state index contributed by atoms with van der Waals surface area (Å²) in [5.41, 5.74) is 0.374. The molecule has 1 aromatic carbocycles. The predicted octanol–water partition coefficient (Wildman–Crippen LogP) is 3.14. The molecule has 1 saturated carbocycles. The van der Waals surface area contributed by atoms with Crippen molar-refractivity contribution in [2.75, 3.05) is 6.26 Å². The predicted molar refractivity (Wildman–Crippen MR) is 79.5 cm³/mol. The summed E-state index contributed by atoms with van der Waals surface area (Å²) < 4.78 is 0. The maximum atomic E-state index is 12.6. The quantitative estimate of drug-likeness (QED) is 0.848. The van der Waals surface area contributed by atoms with Crippen molar-refractivity contribution in [3.05, 3.63) is 28.8 Å². The molecule has 0 aromatic heterocycles. The lowest BCUT2D eigenvalue weighted by molar-refractivity contribution is -0.141. The minimum absolute atomic E-state index is 0.0163. The molecular formula is C14H16ClNO3S. The van der Waals surface area contributed by atoms with Gasteiger partial charge in [0.25, 0.3) is 5.91 Å². The van der Waals surface area contributed by atoms with E-state index in [1.807, 2.05) is 12.3 Å². The summed E-state index contributed by atoms with van der Waals surface area (Å²) in [6.07, 6.45) is 3.61. The third kappa shape index (κ3) is 3.10. The maximum Gasteiger partial charge on any atom is 0.326 e. The fourth-order valence-corrected chi connectivity index (χ4v) is 2.70. The number of hydrogen-bond acceptors (Lipinski definition) is 3. The van der Waals surface area contributed by atoms with E-state index in [9.17, 15) is 9.59 Å². The molecule has 2 rings (SSSR count). The van der Waals surface area contributed by atoms with E-state index in [0.717, 1.165) is 17.7 Å². The van der Waals surface area contributed by atoms with Gasteiger partial charge in [-0.3, -0.25) is 4.79 Å². The third-order valence-electron chi connectivity index (χ3n) is 3.35. The van der Waals surface area contributed by atoms with Crippen LogP contribution in [0.4, 0.5) is 0 Å². The van der Waals surface area contributed by atoms with E-state index >= 15 is 0 Å². The number of thioether (sulfide) groups is 1. The first-order chi connectivity index (χ1) is 9.45. The highest BCUT2D eigenvalue weighted by Gasteiger charge is 2.39. The van der Waals surface area contributed by atoms with E-state index in [1.165, 1.54) is 23.6 Å². The molecule has 20 heavy (non-hydrogen) atoms.